The van der Waals surface area contributed by atoms with E-state index in [9.17, 15) is 0 Å². The molecule has 0 radical (unpaired) electrons. The topological polar surface area (TPSA) is 12.0 Å². The van der Waals surface area contributed by atoms with Crippen molar-refractivity contribution >= 4 is 50.5 Å². The van der Waals surface area contributed by atoms with Gasteiger partial charge in [-0.15, -0.1) is 11.3 Å². The van der Waals surface area contributed by atoms with Gasteiger partial charge < -0.3 is 5.32 Å². The Labute approximate surface area is 129 Å². The predicted octanol–water partition coefficient (Wildman–Crippen LogP) is 5.52. The van der Waals surface area contributed by atoms with E-state index in [1.54, 1.807) is 11.3 Å². The van der Waals surface area contributed by atoms with Crippen LogP contribution < -0.4 is 5.32 Å². The molecule has 1 N–H and O–H groups in total. The van der Waals surface area contributed by atoms with Crippen LogP contribution in [0.25, 0.3) is 0 Å². The van der Waals surface area contributed by atoms with Gasteiger partial charge in [0.15, 0.2) is 0 Å². The second-order valence-corrected chi connectivity index (χ2v) is 6.41. The van der Waals surface area contributed by atoms with Crippen LogP contribution in [0.3, 0.4) is 0 Å². The molecule has 0 aliphatic carbocycles. The van der Waals surface area contributed by atoms with Gasteiger partial charge in [-0.25, -0.2) is 0 Å². The molecule has 0 spiro atoms. The lowest BCUT2D eigenvalue weighted by Gasteiger charge is -2.18. The van der Waals surface area contributed by atoms with Crippen LogP contribution in [0.5, 0.6) is 0 Å². The van der Waals surface area contributed by atoms with Crippen LogP contribution in [0, 0.1) is 0 Å². The number of rotatable bonds is 4. The van der Waals surface area contributed by atoms with Gasteiger partial charge >= 0.3 is 0 Å². The van der Waals surface area contributed by atoms with Crippen molar-refractivity contribution in [1.82, 2.24) is 5.32 Å². The molecule has 1 heterocycles. The van der Waals surface area contributed by atoms with Crippen molar-refractivity contribution in [2.45, 2.75) is 13.0 Å². The molecule has 1 atom stereocenters. The lowest BCUT2D eigenvalue weighted by molar-refractivity contribution is 0.638. The van der Waals surface area contributed by atoms with Gasteiger partial charge in [-0.1, -0.05) is 36.2 Å². The molecule has 0 saturated carbocycles. The van der Waals surface area contributed by atoms with E-state index in [0.717, 1.165) is 16.6 Å². The zero-order valence-electron chi connectivity index (χ0n) is 9.71. The van der Waals surface area contributed by atoms with Crippen LogP contribution in [-0.2, 0) is 0 Å². The number of halogens is 3. The molecule has 96 valence electrons. The summed E-state index contributed by atoms with van der Waals surface area (Å²) in [6.45, 7) is 2.97. The van der Waals surface area contributed by atoms with E-state index in [4.69, 9.17) is 23.2 Å². The third-order valence-corrected chi connectivity index (χ3v) is 5.27. The number of nitrogens with one attached hydrogen (secondary N) is 1. The summed E-state index contributed by atoms with van der Waals surface area (Å²) in [7, 11) is 0. The zero-order chi connectivity index (χ0) is 13.1. The molecule has 5 heteroatoms. The molecule has 0 amide bonds. The Morgan fingerprint density at radius 1 is 1.28 bits per heavy atom. The lowest BCUT2D eigenvalue weighted by Crippen LogP contribution is -2.21. The van der Waals surface area contributed by atoms with Crippen molar-refractivity contribution in [1.29, 1.82) is 0 Å². The Morgan fingerprint density at radius 2 is 2.06 bits per heavy atom. The minimum atomic E-state index is 0.138. The minimum absolute atomic E-state index is 0.138. The Hall–Kier alpha value is -0.0600. The van der Waals surface area contributed by atoms with Gasteiger partial charge in [0, 0.05) is 9.35 Å². The Kier molecular flexibility index (Phi) is 5.10. The second kappa shape index (κ2) is 6.40. The van der Waals surface area contributed by atoms with Crippen molar-refractivity contribution < 1.29 is 0 Å². The van der Waals surface area contributed by atoms with E-state index in [1.165, 1.54) is 4.88 Å². The summed E-state index contributed by atoms with van der Waals surface area (Å²) in [5.74, 6) is 0. The first kappa shape index (κ1) is 14.4. The van der Waals surface area contributed by atoms with Crippen LogP contribution in [0.4, 0.5) is 0 Å². The van der Waals surface area contributed by atoms with Crippen LogP contribution in [0.1, 0.15) is 23.4 Å². The van der Waals surface area contributed by atoms with E-state index in [2.05, 4.69) is 39.6 Å². The van der Waals surface area contributed by atoms with Gasteiger partial charge in [0.05, 0.1) is 16.1 Å². The fourth-order valence-electron chi connectivity index (χ4n) is 1.77. The van der Waals surface area contributed by atoms with Crippen LogP contribution in [0.2, 0.25) is 10.0 Å². The van der Waals surface area contributed by atoms with Gasteiger partial charge in [0.2, 0.25) is 0 Å². The summed E-state index contributed by atoms with van der Waals surface area (Å²) in [4.78, 5) is 1.25. The van der Waals surface area contributed by atoms with Crippen LogP contribution >= 0.6 is 50.5 Å². The summed E-state index contributed by atoms with van der Waals surface area (Å²) in [5, 5.41) is 6.71. The fraction of sp³-hybridized carbons (Fsp3) is 0.231. The lowest BCUT2D eigenvalue weighted by atomic mass is 10.1. The number of benzene rings is 1. The van der Waals surface area contributed by atoms with E-state index in [-0.39, 0.29) is 6.04 Å². The monoisotopic (exact) mass is 363 g/mol. The number of thiophene rings is 1. The van der Waals surface area contributed by atoms with Crippen molar-refractivity contribution in [3.05, 3.63) is 54.6 Å². The molecule has 2 aromatic rings. The molecular formula is C13H12BrCl2NS. The second-order valence-electron chi connectivity index (χ2n) is 3.80. The first-order chi connectivity index (χ1) is 8.63. The molecule has 2 rings (SSSR count). The van der Waals surface area contributed by atoms with E-state index in [1.807, 2.05) is 18.2 Å². The minimum Gasteiger partial charge on any atom is -0.306 e. The summed E-state index contributed by atoms with van der Waals surface area (Å²) >= 11 is 17.3. The van der Waals surface area contributed by atoms with Crippen LogP contribution in [-0.4, -0.2) is 6.54 Å². The van der Waals surface area contributed by atoms with E-state index >= 15 is 0 Å². The smallest absolute Gasteiger partial charge is 0.0682 e. The van der Waals surface area contributed by atoms with Gasteiger partial charge in [0.25, 0.3) is 0 Å². The maximum absolute atomic E-state index is 6.09. The van der Waals surface area contributed by atoms with Crippen molar-refractivity contribution in [3.8, 4) is 0 Å². The molecule has 0 bridgehead atoms. The molecule has 0 fully saturated rings. The highest BCUT2D eigenvalue weighted by Gasteiger charge is 2.17. The highest BCUT2D eigenvalue weighted by Crippen LogP contribution is 2.35. The predicted molar refractivity (Wildman–Crippen MR) is 84.0 cm³/mol. The average molecular weight is 365 g/mol. The highest BCUT2D eigenvalue weighted by molar-refractivity contribution is 9.10. The van der Waals surface area contributed by atoms with Gasteiger partial charge in [0.1, 0.15) is 0 Å². The Balaban J connectivity index is 2.41. The standard InChI is InChI=1S/C13H12BrCl2NS/c1-2-17-12(13-9(14)5-6-18-13)8-3-4-10(15)11(16)7-8/h3-7,12,17H,2H2,1H3. The number of hydrogen-bond donors (Lipinski definition) is 1. The summed E-state index contributed by atoms with van der Waals surface area (Å²) in [5.41, 5.74) is 1.12. The third-order valence-electron chi connectivity index (χ3n) is 2.59. The summed E-state index contributed by atoms with van der Waals surface area (Å²) < 4.78 is 1.12. The first-order valence-electron chi connectivity index (χ1n) is 5.54. The maximum Gasteiger partial charge on any atom is 0.0682 e. The molecule has 0 aliphatic rings. The van der Waals surface area contributed by atoms with Gasteiger partial charge in [-0.2, -0.15) is 0 Å². The molecular weight excluding hydrogens is 353 g/mol. The van der Waals surface area contributed by atoms with Gasteiger partial charge in [-0.05, 0) is 51.6 Å². The fourth-order valence-corrected chi connectivity index (χ4v) is 3.78. The molecule has 1 aromatic heterocycles. The number of hydrogen-bond acceptors (Lipinski definition) is 2. The molecule has 0 aliphatic heterocycles. The highest BCUT2D eigenvalue weighted by atomic mass is 79.9. The third kappa shape index (κ3) is 3.09. The SMILES string of the molecule is CCNC(c1ccc(Cl)c(Cl)c1)c1sccc1Br. The maximum atomic E-state index is 6.09. The van der Waals surface area contributed by atoms with Crippen LogP contribution in [0.15, 0.2) is 34.1 Å². The first-order valence-corrected chi connectivity index (χ1v) is 7.97. The normalized spacial score (nSPS) is 12.7. The molecule has 1 aromatic carbocycles. The van der Waals surface area contributed by atoms with Crippen molar-refractivity contribution in [2.24, 2.45) is 0 Å². The van der Waals surface area contributed by atoms with Crippen molar-refractivity contribution in [2.75, 3.05) is 6.54 Å². The molecule has 18 heavy (non-hydrogen) atoms. The summed E-state index contributed by atoms with van der Waals surface area (Å²) in [6.07, 6.45) is 0. The summed E-state index contributed by atoms with van der Waals surface area (Å²) in [6, 6.07) is 7.96. The Morgan fingerprint density at radius 3 is 2.61 bits per heavy atom. The van der Waals surface area contributed by atoms with E-state index in [0.29, 0.717) is 10.0 Å². The zero-order valence-corrected chi connectivity index (χ0v) is 13.6. The average Bonchev–Trinajstić information content (AvgIpc) is 2.76. The van der Waals surface area contributed by atoms with E-state index < -0.39 is 0 Å². The Bertz CT molecular complexity index is 542. The largest absolute Gasteiger partial charge is 0.306 e. The molecule has 1 nitrogen and oxygen atoms in total. The molecule has 0 saturated heterocycles. The van der Waals surface area contributed by atoms with Crippen molar-refractivity contribution in [3.63, 3.8) is 0 Å². The quantitative estimate of drug-likeness (QED) is 0.753. The van der Waals surface area contributed by atoms with Gasteiger partial charge in [-0.3, -0.25) is 0 Å². The molecule has 1 unspecified atom stereocenters.